The topological polar surface area (TPSA) is 66.6 Å². The first-order valence-electron chi connectivity index (χ1n) is 10.1. The van der Waals surface area contributed by atoms with Crippen LogP contribution in [0.2, 0.25) is 0 Å². The van der Waals surface area contributed by atoms with Crippen molar-refractivity contribution < 1.29 is 9.18 Å². The van der Waals surface area contributed by atoms with Crippen LogP contribution < -0.4 is 4.90 Å². The molecular weight excluding hydrogens is 395 g/mol. The van der Waals surface area contributed by atoms with Gasteiger partial charge in [0.25, 0.3) is 5.91 Å². The number of carbonyl (C=O) groups is 1. The third-order valence-corrected chi connectivity index (χ3v) is 5.84. The number of amides is 1. The van der Waals surface area contributed by atoms with Crippen molar-refractivity contribution >= 4 is 17.4 Å². The first kappa shape index (κ1) is 19.2. The van der Waals surface area contributed by atoms with E-state index in [1.165, 1.54) is 6.07 Å². The molecule has 5 rings (SSSR count). The van der Waals surface area contributed by atoms with Gasteiger partial charge < -0.3 is 9.80 Å². The number of nitrogens with zero attached hydrogens (tertiary/aromatic N) is 6. The highest BCUT2D eigenvalue weighted by Gasteiger charge is 2.38. The summed E-state index contributed by atoms with van der Waals surface area (Å²) in [7, 11) is 1.81. The monoisotopic (exact) mass is 416 g/mol. The van der Waals surface area contributed by atoms with E-state index in [4.69, 9.17) is 0 Å². The molecule has 0 bridgehead atoms. The van der Waals surface area contributed by atoms with E-state index in [1.807, 2.05) is 25.2 Å². The molecule has 0 radical (unpaired) electrons. The lowest BCUT2D eigenvalue weighted by atomic mass is 10.0. The van der Waals surface area contributed by atoms with Crippen LogP contribution in [0, 0.1) is 5.82 Å². The summed E-state index contributed by atoms with van der Waals surface area (Å²) in [5.74, 6) is 0.414. The lowest BCUT2D eigenvalue weighted by molar-refractivity contribution is 0.0742. The van der Waals surface area contributed by atoms with E-state index in [0.717, 1.165) is 17.0 Å². The molecule has 8 heteroatoms. The number of rotatable bonds is 4. The summed E-state index contributed by atoms with van der Waals surface area (Å²) < 4.78 is 15.7. The molecule has 1 amide bonds. The summed E-state index contributed by atoms with van der Waals surface area (Å²) in [6, 6.07) is 13.7. The van der Waals surface area contributed by atoms with Crippen LogP contribution >= 0.6 is 0 Å². The Morgan fingerprint density at radius 1 is 1.13 bits per heavy atom. The van der Waals surface area contributed by atoms with Gasteiger partial charge in [-0.25, -0.2) is 13.9 Å². The second kappa shape index (κ2) is 7.79. The zero-order valence-electron chi connectivity index (χ0n) is 17.0. The summed E-state index contributed by atoms with van der Waals surface area (Å²) in [5, 5.41) is 4.69. The number of anilines is 1. The standard InChI is InChI=1S/C23H21FN6O/c1-28(23(31)16-7-9-25-10-8-16)19-14-20(17-3-2-4-18(24)13-17)29(15-19)22-6-5-21-26-11-12-30(21)27-22/h2-13,19-20H,14-15H2,1H3/t19?,20-/m1/s1. The summed E-state index contributed by atoms with van der Waals surface area (Å²) in [5.41, 5.74) is 2.21. The Morgan fingerprint density at radius 3 is 2.77 bits per heavy atom. The van der Waals surface area contributed by atoms with Crippen molar-refractivity contribution in [3.05, 3.63) is 90.3 Å². The second-order valence-electron chi connectivity index (χ2n) is 7.69. The number of hydrogen-bond acceptors (Lipinski definition) is 5. The average Bonchev–Trinajstić information content (AvgIpc) is 3.45. The number of carbonyl (C=O) groups excluding carboxylic acids is 1. The van der Waals surface area contributed by atoms with Gasteiger partial charge in [0.2, 0.25) is 0 Å². The minimum absolute atomic E-state index is 0.0609. The van der Waals surface area contributed by atoms with E-state index in [2.05, 4.69) is 20.0 Å². The third-order valence-electron chi connectivity index (χ3n) is 5.84. The molecule has 0 spiro atoms. The highest BCUT2D eigenvalue weighted by molar-refractivity contribution is 5.94. The van der Waals surface area contributed by atoms with Gasteiger partial charge in [0.1, 0.15) is 11.6 Å². The van der Waals surface area contributed by atoms with E-state index in [1.54, 1.807) is 58.5 Å². The van der Waals surface area contributed by atoms with Gasteiger partial charge in [-0.15, -0.1) is 5.10 Å². The molecule has 2 atom stereocenters. The van der Waals surface area contributed by atoms with Crippen molar-refractivity contribution in [2.75, 3.05) is 18.5 Å². The Morgan fingerprint density at radius 2 is 1.97 bits per heavy atom. The van der Waals surface area contributed by atoms with Crippen molar-refractivity contribution in [1.82, 2.24) is 24.5 Å². The average molecular weight is 416 g/mol. The first-order chi connectivity index (χ1) is 15.1. The maximum Gasteiger partial charge on any atom is 0.254 e. The maximum atomic E-state index is 14.0. The molecule has 1 aliphatic heterocycles. The predicted octanol–water partition coefficient (Wildman–Crippen LogP) is 3.36. The van der Waals surface area contributed by atoms with Crippen LogP contribution in [0.15, 0.2) is 73.3 Å². The van der Waals surface area contributed by atoms with E-state index in [0.29, 0.717) is 18.5 Å². The lowest BCUT2D eigenvalue weighted by Crippen LogP contribution is -2.39. The van der Waals surface area contributed by atoms with Crippen LogP contribution in [0.25, 0.3) is 5.65 Å². The van der Waals surface area contributed by atoms with Gasteiger partial charge in [0.15, 0.2) is 5.65 Å². The van der Waals surface area contributed by atoms with Crippen LogP contribution in [-0.4, -0.2) is 50.0 Å². The normalized spacial score (nSPS) is 18.5. The third kappa shape index (κ3) is 3.61. The number of hydrogen-bond donors (Lipinski definition) is 0. The molecule has 1 aromatic carbocycles. The quantitative estimate of drug-likeness (QED) is 0.510. The van der Waals surface area contributed by atoms with Gasteiger partial charge in [-0.1, -0.05) is 12.1 Å². The van der Waals surface area contributed by atoms with Crippen molar-refractivity contribution in [3.63, 3.8) is 0 Å². The highest BCUT2D eigenvalue weighted by atomic mass is 19.1. The van der Waals surface area contributed by atoms with Gasteiger partial charge in [-0.05, 0) is 48.4 Å². The lowest BCUT2D eigenvalue weighted by Gasteiger charge is -2.26. The van der Waals surface area contributed by atoms with E-state index in [-0.39, 0.29) is 23.8 Å². The van der Waals surface area contributed by atoms with Crippen LogP contribution in [0.1, 0.15) is 28.4 Å². The molecule has 31 heavy (non-hydrogen) atoms. The largest absolute Gasteiger partial charge is 0.346 e. The summed E-state index contributed by atoms with van der Waals surface area (Å²) in [4.78, 5) is 25.1. The van der Waals surface area contributed by atoms with Crippen molar-refractivity contribution in [3.8, 4) is 0 Å². The molecule has 7 nitrogen and oxygen atoms in total. The number of halogens is 1. The molecule has 0 N–H and O–H groups in total. The predicted molar refractivity (Wildman–Crippen MR) is 114 cm³/mol. The zero-order chi connectivity index (χ0) is 21.4. The number of imidazole rings is 1. The fraction of sp³-hybridized carbons (Fsp3) is 0.217. The molecular formula is C23H21FN6O. The fourth-order valence-electron chi connectivity index (χ4n) is 4.20. The molecule has 1 aliphatic rings. The number of aromatic nitrogens is 4. The molecule has 156 valence electrons. The van der Waals surface area contributed by atoms with Crippen molar-refractivity contribution in [2.45, 2.75) is 18.5 Å². The van der Waals surface area contributed by atoms with Gasteiger partial charge in [-0.2, -0.15) is 0 Å². The second-order valence-corrected chi connectivity index (χ2v) is 7.69. The summed E-state index contributed by atoms with van der Waals surface area (Å²) in [6.45, 7) is 0.585. The molecule has 4 aromatic rings. The molecule has 4 heterocycles. The van der Waals surface area contributed by atoms with E-state index < -0.39 is 0 Å². The minimum atomic E-state index is -0.278. The Labute approximate surface area is 178 Å². The molecule has 0 aliphatic carbocycles. The summed E-state index contributed by atoms with van der Waals surface area (Å²) >= 11 is 0. The fourth-order valence-corrected chi connectivity index (χ4v) is 4.20. The molecule has 1 unspecified atom stereocenters. The van der Waals surface area contributed by atoms with Gasteiger partial charge >= 0.3 is 0 Å². The van der Waals surface area contributed by atoms with Crippen molar-refractivity contribution in [1.29, 1.82) is 0 Å². The number of pyridine rings is 1. The molecule has 1 saturated heterocycles. The Kier molecular flexibility index (Phi) is 4.82. The highest BCUT2D eigenvalue weighted by Crippen LogP contribution is 2.37. The van der Waals surface area contributed by atoms with Gasteiger partial charge in [-0.3, -0.25) is 9.78 Å². The van der Waals surface area contributed by atoms with Crippen LogP contribution in [0.3, 0.4) is 0 Å². The van der Waals surface area contributed by atoms with Gasteiger partial charge in [0.05, 0.1) is 12.1 Å². The van der Waals surface area contributed by atoms with E-state index in [9.17, 15) is 9.18 Å². The SMILES string of the molecule is CN(C(=O)c1ccncc1)C1C[C@H](c2cccc(F)c2)N(c2ccc3nccn3n2)C1. The van der Waals surface area contributed by atoms with Crippen LogP contribution in [-0.2, 0) is 0 Å². The Balaban J connectivity index is 1.49. The Hall–Kier alpha value is -3.81. The number of benzene rings is 1. The van der Waals surface area contributed by atoms with Crippen LogP contribution in [0.5, 0.6) is 0 Å². The minimum Gasteiger partial charge on any atom is -0.346 e. The smallest absolute Gasteiger partial charge is 0.254 e. The van der Waals surface area contributed by atoms with Crippen LogP contribution in [0.4, 0.5) is 10.2 Å². The first-order valence-corrected chi connectivity index (χ1v) is 10.1. The van der Waals surface area contributed by atoms with Crippen molar-refractivity contribution in [2.24, 2.45) is 0 Å². The van der Waals surface area contributed by atoms with Gasteiger partial charge in [0, 0.05) is 43.9 Å². The molecule has 3 aromatic heterocycles. The number of fused-ring (bicyclic) bond motifs is 1. The zero-order valence-corrected chi connectivity index (χ0v) is 17.0. The maximum absolute atomic E-state index is 14.0. The summed E-state index contributed by atoms with van der Waals surface area (Å²) in [6.07, 6.45) is 7.39. The molecule has 1 fully saturated rings. The van der Waals surface area contributed by atoms with E-state index >= 15 is 0 Å². The Bertz CT molecular complexity index is 1230. The molecule has 0 saturated carbocycles. The number of likely N-dealkylation sites (N-methyl/N-ethyl adjacent to an activating group) is 1.